The van der Waals surface area contributed by atoms with E-state index in [-0.39, 0.29) is 19.6 Å². The molecule has 0 spiro atoms. The number of amides is 2. The molecule has 0 aliphatic heterocycles. The van der Waals surface area contributed by atoms with Crippen LogP contribution in [0.5, 0.6) is 0 Å². The van der Waals surface area contributed by atoms with Crippen molar-refractivity contribution in [2.24, 2.45) is 0 Å². The minimum absolute atomic E-state index is 0.0409. The van der Waals surface area contributed by atoms with Gasteiger partial charge in [0.2, 0.25) is 21.8 Å². The van der Waals surface area contributed by atoms with Gasteiger partial charge in [0.05, 0.1) is 25.6 Å². The molecule has 0 bridgehead atoms. The molecule has 0 aliphatic rings. The first-order valence-electron chi connectivity index (χ1n) is 11.0. The quantitative estimate of drug-likeness (QED) is 0.420. The van der Waals surface area contributed by atoms with E-state index in [1.165, 1.54) is 11.2 Å². The normalized spacial score (nSPS) is 12.3. The third-order valence-electron chi connectivity index (χ3n) is 5.43. The molecular formula is C25H28ClN3O5S. The molecule has 0 aliphatic carbocycles. The van der Waals surface area contributed by atoms with Gasteiger partial charge >= 0.3 is 0 Å². The van der Waals surface area contributed by atoms with Gasteiger partial charge in [-0.3, -0.25) is 9.59 Å². The summed E-state index contributed by atoms with van der Waals surface area (Å²) in [6.45, 7) is 1.51. The van der Waals surface area contributed by atoms with Crippen LogP contribution in [0.1, 0.15) is 23.8 Å². The molecule has 1 atom stereocenters. The highest BCUT2D eigenvalue weighted by Gasteiger charge is 2.30. The van der Waals surface area contributed by atoms with E-state index in [0.717, 1.165) is 21.7 Å². The molecule has 3 aromatic rings. The molecule has 35 heavy (non-hydrogen) atoms. The Morgan fingerprint density at radius 2 is 1.63 bits per heavy atom. The second-order valence-electron chi connectivity index (χ2n) is 8.14. The van der Waals surface area contributed by atoms with Crippen LogP contribution in [0.15, 0.2) is 77.4 Å². The van der Waals surface area contributed by atoms with Crippen LogP contribution in [0, 0.1) is 0 Å². The van der Waals surface area contributed by atoms with Crippen LogP contribution in [-0.2, 0) is 39.2 Å². The largest absolute Gasteiger partial charge is 0.467 e. The number of nitrogens with zero attached hydrogens (tertiary/aromatic N) is 2. The smallest absolute Gasteiger partial charge is 0.242 e. The van der Waals surface area contributed by atoms with E-state index in [4.69, 9.17) is 16.0 Å². The Morgan fingerprint density at radius 1 is 0.971 bits per heavy atom. The van der Waals surface area contributed by atoms with Crippen molar-refractivity contribution in [2.45, 2.75) is 32.6 Å². The van der Waals surface area contributed by atoms with Crippen LogP contribution in [-0.4, -0.2) is 48.3 Å². The van der Waals surface area contributed by atoms with Gasteiger partial charge < -0.3 is 14.6 Å². The van der Waals surface area contributed by atoms with Crippen molar-refractivity contribution in [3.63, 3.8) is 0 Å². The molecule has 1 aromatic heterocycles. The highest BCUT2D eigenvalue weighted by molar-refractivity contribution is 7.88. The molecule has 0 saturated heterocycles. The first kappa shape index (κ1) is 26.5. The summed E-state index contributed by atoms with van der Waals surface area (Å²) < 4.78 is 31.3. The van der Waals surface area contributed by atoms with E-state index in [2.05, 4.69) is 5.32 Å². The average Bonchev–Trinajstić information content (AvgIpc) is 3.35. The topological polar surface area (TPSA) is 99.9 Å². The number of halogens is 1. The molecule has 1 N–H and O–H groups in total. The van der Waals surface area contributed by atoms with Crippen LogP contribution in [0.2, 0.25) is 5.02 Å². The van der Waals surface area contributed by atoms with E-state index >= 15 is 0 Å². The number of carbonyl (C=O) groups excluding carboxylic acids is 2. The zero-order valence-corrected chi connectivity index (χ0v) is 21.1. The maximum atomic E-state index is 13.4. The molecule has 3 rings (SSSR count). The average molecular weight is 518 g/mol. The summed E-state index contributed by atoms with van der Waals surface area (Å²) in [6.07, 6.45) is 2.57. The van der Waals surface area contributed by atoms with Crippen molar-refractivity contribution in [3.8, 4) is 0 Å². The van der Waals surface area contributed by atoms with Gasteiger partial charge in [0.15, 0.2) is 0 Å². The molecule has 2 amide bonds. The van der Waals surface area contributed by atoms with Gasteiger partial charge in [0.25, 0.3) is 0 Å². The van der Waals surface area contributed by atoms with Crippen molar-refractivity contribution in [3.05, 3.63) is 94.9 Å². The summed E-state index contributed by atoms with van der Waals surface area (Å²) in [5.41, 5.74) is 1.50. The fourth-order valence-electron chi connectivity index (χ4n) is 3.42. The lowest BCUT2D eigenvalue weighted by Crippen LogP contribution is -2.50. The monoisotopic (exact) mass is 517 g/mol. The standard InChI is InChI=1S/C25H28ClN3O5S/c1-19(25(31)27-15-23-9-6-14-34-23)29(17-21-10-12-22(26)13-11-21)24(30)18-28(35(2,32)33)16-20-7-4-3-5-8-20/h3-14,19H,15-18H2,1-2H3,(H,27,31)/t19-/m1/s1. The summed E-state index contributed by atoms with van der Waals surface area (Å²) in [6, 6.07) is 18.5. The van der Waals surface area contributed by atoms with Gasteiger partial charge in [-0.25, -0.2) is 8.42 Å². The van der Waals surface area contributed by atoms with Crippen molar-refractivity contribution < 1.29 is 22.4 Å². The lowest BCUT2D eigenvalue weighted by molar-refractivity contribution is -0.140. The molecule has 0 fully saturated rings. The third-order valence-corrected chi connectivity index (χ3v) is 6.88. The SMILES string of the molecule is C[C@H](C(=O)NCc1ccco1)N(Cc1ccc(Cl)cc1)C(=O)CN(Cc1ccccc1)S(C)(=O)=O. The minimum Gasteiger partial charge on any atom is -0.467 e. The molecule has 0 radical (unpaired) electrons. The lowest BCUT2D eigenvalue weighted by atomic mass is 10.1. The summed E-state index contributed by atoms with van der Waals surface area (Å²) in [7, 11) is -3.70. The summed E-state index contributed by atoms with van der Waals surface area (Å²) >= 11 is 5.98. The number of sulfonamides is 1. The first-order chi connectivity index (χ1) is 16.6. The third kappa shape index (κ3) is 7.95. The van der Waals surface area contributed by atoms with Crippen molar-refractivity contribution >= 4 is 33.4 Å². The van der Waals surface area contributed by atoms with Gasteiger partial charge in [-0.15, -0.1) is 0 Å². The lowest BCUT2D eigenvalue weighted by Gasteiger charge is -2.31. The maximum absolute atomic E-state index is 13.4. The first-order valence-corrected chi connectivity index (χ1v) is 13.2. The second kappa shape index (κ2) is 12.0. The van der Waals surface area contributed by atoms with Gasteiger partial charge in [-0.1, -0.05) is 54.1 Å². The molecule has 10 heteroatoms. The highest BCUT2D eigenvalue weighted by atomic mass is 35.5. The zero-order chi connectivity index (χ0) is 25.4. The van der Waals surface area contributed by atoms with Crippen LogP contribution in [0.3, 0.4) is 0 Å². The predicted molar refractivity (Wildman–Crippen MR) is 134 cm³/mol. The van der Waals surface area contributed by atoms with E-state index < -0.39 is 34.4 Å². The van der Waals surface area contributed by atoms with Crippen molar-refractivity contribution in [1.29, 1.82) is 0 Å². The van der Waals surface area contributed by atoms with Crippen LogP contribution >= 0.6 is 11.6 Å². The van der Waals surface area contributed by atoms with Crippen LogP contribution in [0.4, 0.5) is 0 Å². The Balaban J connectivity index is 1.80. The number of carbonyl (C=O) groups is 2. The van der Waals surface area contributed by atoms with E-state index in [9.17, 15) is 18.0 Å². The minimum atomic E-state index is -3.70. The van der Waals surface area contributed by atoms with E-state index in [1.54, 1.807) is 67.6 Å². The van der Waals surface area contributed by atoms with E-state index in [0.29, 0.717) is 10.8 Å². The Kier molecular flexibility index (Phi) is 9.08. The summed E-state index contributed by atoms with van der Waals surface area (Å²) in [4.78, 5) is 27.7. The maximum Gasteiger partial charge on any atom is 0.242 e. The molecule has 2 aromatic carbocycles. The van der Waals surface area contributed by atoms with Gasteiger partial charge in [0, 0.05) is 18.1 Å². The number of nitrogens with one attached hydrogen (secondary N) is 1. The van der Waals surface area contributed by atoms with Crippen molar-refractivity contribution in [2.75, 3.05) is 12.8 Å². The fraction of sp³-hybridized carbons (Fsp3) is 0.280. The summed E-state index contributed by atoms with van der Waals surface area (Å²) in [5.74, 6) is -0.313. The summed E-state index contributed by atoms with van der Waals surface area (Å²) in [5, 5.41) is 3.30. The zero-order valence-electron chi connectivity index (χ0n) is 19.6. The Hall–Kier alpha value is -3.14. The molecular weight excluding hydrogens is 490 g/mol. The Labute approximate surface area is 210 Å². The number of hydrogen-bond acceptors (Lipinski definition) is 5. The molecule has 0 unspecified atom stereocenters. The second-order valence-corrected chi connectivity index (χ2v) is 10.6. The molecule has 8 nitrogen and oxygen atoms in total. The predicted octanol–water partition coefficient (Wildman–Crippen LogP) is 3.43. The van der Waals surface area contributed by atoms with E-state index in [1.807, 2.05) is 6.07 Å². The molecule has 1 heterocycles. The molecule has 186 valence electrons. The number of furan rings is 1. The number of rotatable bonds is 11. The molecule has 0 saturated carbocycles. The van der Waals surface area contributed by atoms with Gasteiger partial charge in [-0.2, -0.15) is 4.31 Å². The highest BCUT2D eigenvalue weighted by Crippen LogP contribution is 2.16. The number of hydrogen-bond donors (Lipinski definition) is 1. The number of benzene rings is 2. The Morgan fingerprint density at radius 3 is 2.23 bits per heavy atom. The van der Waals surface area contributed by atoms with Crippen LogP contribution < -0.4 is 5.32 Å². The fourth-order valence-corrected chi connectivity index (χ4v) is 4.28. The Bertz CT molecular complexity index is 1220. The van der Waals surface area contributed by atoms with Crippen molar-refractivity contribution in [1.82, 2.24) is 14.5 Å². The van der Waals surface area contributed by atoms with Gasteiger partial charge in [-0.05, 0) is 42.3 Å². The van der Waals surface area contributed by atoms with Crippen LogP contribution in [0.25, 0.3) is 0 Å². The van der Waals surface area contributed by atoms with Gasteiger partial charge in [0.1, 0.15) is 11.8 Å².